The third-order valence-electron chi connectivity index (χ3n) is 2.33. The molecule has 0 aromatic carbocycles. The molecule has 90 valence electrons. The van der Waals surface area contributed by atoms with Gasteiger partial charge in [0.25, 0.3) is 0 Å². The summed E-state index contributed by atoms with van der Waals surface area (Å²) in [4.78, 5) is 6.52. The SMILES string of the molecule is CC(C)Nc1cc(CCCN(C)C)ccn1. The van der Waals surface area contributed by atoms with Crippen LogP contribution in [-0.2, 0) is 6.42 Å². The highest BCUT2D eigenvalue weighted by Crippen LogP contribution is 2.10. The molecule has 0 unspecified atom stereocenters. The zero-order chi connectivity index (χ0) is 12.0. The van der Waals surface area contributed by atoms with Crippen molar-refractivity contribution in [2.24, 2.45) is 0 Å². The van der Waals surface area contributed by atoms with Crippen molar-refractivity contribution >= 4 is 5.82 Å². The van der Waals surface area contributed by atoms with Gasteiger partial charge in [0.15, 0.2) is 0 Å². The van der Waals surface area contributed by atoms with Crippen LogP contribution in [0.3, 0.4) is 0 Å². The lowest BCUT2D eigenvalue weighted by atomic mass is 10.1. The molecule has 1 aromatic heterocycles. The number of hydrogen-bond donors (Lipinski definition) is 1. The third kappa shape index (κ3) is 5.12. The molecule has 3 nitrogen and oxygen atoms in total. The van der Waals surface area contributed by atoms with Crippen molar-refractivity contribution in [3.05, 3.63) is 23.9 Å². The van der Waals surface area contributed by atoms with Crippen molar-refractivity contribution in [3.63, 3.8) is 0 Å². The van der Waals surface area contributed by atoms with Crippen LogP contribution in [0.25, 0.3) is 0 Å². The quantitative estimate of drug-likeness (QED) is 0.799. The molecule has 0 aliphatic heterocycles. The summed E-state index contributed by atoms with van der Waals surface area (Å²) in [5.74, 6) is 0.984. The lowest BCUT2D eigenvalue weighted by molar-refractivity contribution is 0.400. The second kappa shape index (κ2) is 6.48. The fourth-order valence-corrected chi connectivity index (χ4v) is 1.60. The number of nitrogens with zero attached hydrogens (tertiary/aromatic N) is 2. The Kier molecular flexibility index (Phi) is 5.26. The van der Waals surface area contributed by atoms with Crippen LogP contribution in [0.2, 0.25) is 0 Å². The highest BCUT2D eigenvalue weighted by molar-refractivity contribution is 5.38. The molecule has 1 rings (SSSR count). The predicted octanol–water partition coefficient (Wildman–Crippen LogP) is 2.40. The van der Waals surface area contributed by atoms with Crippen molar-refractivity contribution in [3.8, 4) is 0 Å². The van der Waals surface area contributed by atoms with E-state index in [1.165, 1.54) is 12.0 Å². The fourth-order valence-electron chi connectivity index (χ4n) is 1.60. The average Bonchev–Trinajstić information content (AvgIpc) is 2.16. The Morgan fingerprint density at radius 2 is 2.12 bits per heavy atom. The van der Waals surface area contributed by atoms with Gasteiger partial charge in [-0.25, -0.2) is 4.98 Å². The van der Waals surface area contributed by atoms with Gasteiger partial charge in [-0.1, -0.05) is 0 Å². The number of hydrogen-bond acceptors (Lipinski definition) is 3. The molecule has 1 N–H and O–H groups in total. The van der Waals surface area contributed by atoms with Crippen LogP contribution in [0.15, 0.2) is 18.3 Å². The van der Waals surface area contributed by atoms with Gasteiger partial charge in [0, 0.05) is 12.2 Å². The van der Waals surface area contributed by atoms with E-state index < -0.39 is 0 Å². The predicted molar refractivity (Wildman–Crippen MR) is 69.9 cm³/mol. The molecule has 0 spiro atoms. The fraction of sp³-hybridized carbons (Fsp3) is 0.615. The van der Waals surface area contributed by atoms with Crippen molar-refractivity contribution in [2.45, 2.75) is 32.7 Å². The Hall–Kier alpha value is -1.09. The molecule has 1 heterocycles. The minimum atomic E-state index is 0.435. The van der Waals surface area contributed by atoms with E-state index in [-0.39, 0.29) is 0 Å². The number of pyridine rings is 1. The Morgan fingerprint density at radius 1 is 1.38 bits per heavy atom. The van der Waals surface area contributed by atoms with E-state index in [0.717, 1.165) is 18.8 Å². The molecular weight excluding hydrogens is 198 g/mol. The molecule has 0 saturated heterocycles. The third-order valence-corrected chi connectivity index (χ3v) is 2.33. The van der Waals surface area contributed by atoms with Crippen LogP contribution >= 0.6 is 0 Å². The molecule has 0 atom stereocenters. The van der Waals surface area contributed by atoms with Gasteiger partial charge in [-0.2, -0.15) is 0 Å². The number of aromatic nitrogens is 1. The van der Waals surface area contributed by atoms with E-state index in [4.69, 9.17) is 0 Å². The molecule has 1 aromatic rings. The average molecular weight is 221 g/mol. The summed E-state index contributed by atoms with van der Waals surface area (Å²) >= 11 is 0. The molecule has 0 aliphatic carbocycles. The summed E-state index contributed by atoms with van der Waals surface area (Å²) < 4.78 is 0. The molecule has 0 radical (unpaired) electrons. The normalized spacial score (nSPS) is 11.1. The summed E-state index contributed by atoms with van der Waals surface area (Å²) in [6.45, 7) is 5.38. The smallest absolute Gasteiger partial charge is 0.126 e. The molecule has 0 bridgehead atoms. The molecular formula is C13H23N3. The summed E-state index contributed by atoms with van der Waals surface area (Å²) in [5, 5.41) is 3.32. The van der Waals surface area contributed by atoms with Crippen molar-refractivity contribution in [1.29, 1.82) is 0 Å². The number of anilines is 1. The Labute approximate surface area is 98.9 Å². The number of nitrogens with one attached hydrogen (secondary N) is 1. The lowest BCUT2D eigenvalue weighted by Gasteiger charge is -2.11. The van der Waals surface area contributed by atoms with E-state index in [1.54, 1.807) is 0 Å². The summed E-state index contributed by atoms with van der Waals surface area (Å²) in [7, 11) is 4.22. The van der Waals surface area contributed by atoms with Crippen molar-refractivity contribution in [1.82, 2.24) is 9.88 Å². The topological polar surface area (TPSA) is 28.2 Å². The molecule has 0 aliphatic rings. The molecule has 3 heteroatoms. The minimum Gasteiger partial charge on any atom is -0.368 e. The van der Waals surface area contributed by atoms with Gasteiger partial charge in [-0.05, 0) is 65.0 Å². The summed E-state index contributed by atoms with van der Waals surface area (Å²) in [6.07, 6.45) is 4.20. The van der Waals surface area contributed by atoms with Crippen molar-refractivity contribution in [2.75, 3.05) is 26.0 Å². The van der Waals surface area contributed by atoms with E-state index in [0.29, 0.717) is 6.04 Å². The first kappa shape index (κ1) is 13.0. The number of aryl methyl sites for hydroxylation is 1. The Bertz CT molecular complexity index is 308. The molecule has 16 heavy (non-hydrogen) atoms. The van der Waals surface area contributed by atoms with E-state index in [1.807, 2.05) is 6.20 Å². The molecule has 0 fully saturated rings. The van der Waals surface area contributed by atoms with Crippen molar-refractivity contribution < 1.29 is 0 Å². The number of rotatable bonds is 6. The largest absolute Gasteiger partial charge is 0.368 e. The molecule has 0 saturated carbocycles. The van der Waals surface area contributed by atoms with Gasteiger partial charge in [-0.15, -0.1) is 0 Å². The second-order valence-electron chi connectivity index (χ2n) is 4.76. The maximum atomic E-state index is 4.30. The first-order chi connectivity index (χ1) is 7.58. The van der Waals surface area contributed by atoms with Gasteiger partial charge in [0.1, 0.15) is 5.82 Å². The van der Waals surface area contributed by atoms with Gasteiger partial charge in [0.2, 0.25) is 0 Å². The van der Waals surface area contributed by atoms with Crippen LogP contribution in [0.4, 0.5) is 5.82 Å². The second-order valence-corrected chi connectivity index (χ2v) is 4.76. The van der Waals surface area contributed by atoms with Gasteiger partial charge in [-0.3, -0.25) is 0 Å². The van der Waals surface area contributed by atoms with Crippen LogP contribution < -0.4 is 5.32 Å². The van der Waals surface area contributed by atoms with Gasteiger partial charge >= 0.3 is 0 Å². The highest BCUT2D eigenvalue weighted by Gasteiger charge is 1.99. The van der Waals surface area contributed by atoms with Crippen LogP contribution in [-0.4, -0.2) is 36.6 Å². The monoisotopic (exact) mass is 221 g/mol. The maximum absolute atomic E-state index is 4.30. The minimum absolute atomic E-state index is 0.435. The van der Waals surface area contributed by atoms with Gasteiger partial charge < -0.3 is 10.2 Å². The Morgan fingerprint density at radius 3 is 2.75 bits per heavy atom. The van der Waals surface area contributed by atoms with Crippen LogP contribution in [0, 0.1) is 0 Å². The zero-order valence-electron chi connectivity index (χ0n) is 10.8. The molecule has 0 amide bonds. The van der Waals surface area contributed by atoms with E-state index >= 15 is 0 Å². The van der Waals surface area contributed by atoms with Gasteiger partial charge in [0.05, 0.1) is 0 Å². The first-order valence-electron chi connectivity index (χ1n) is 5.94. The highest BCUT2D eigenvalue weighted by atomic mass is 15.0. The first-order valence-corrected chi connectivity index (χ1v) is 5.94. The maximum Gasteiger partial charge on any atom is 0.126 e. The lowest BCUT2D eigenvalue weighted by Crippen LogP contribution is -2.14. The standard InChI is InChI=1S/C13H23N3/c1-11(2)15-13-10-12(7-8-14-13)6-5-9-16(3)4/h7-8,10-11H,5-6,9H2,1-4H3,(H,14,15). The summed E-state index contributed by atoms with van der Waals surface area (Å²) in [5.41, 5.74) is 1.36. The van der Waals surface area contributed by atoms with Crippen LogP contribution in [0.5, 0.6) is 0 Å². The Balaban J connectivity index is 2.47. The van der Waals surface area contributed by atoms with E-state index in [9.17, 15) is 0 Å². The van der Waals surface area contributed by atoms with Crippen LogP contribution in [0.1, 0.15) is 25.8 Å². The van der Waals surface area contributed by atoms with E-state index in [2.05, 4.69) is 55.3 Å². The summed E-state index contributed by atoms with van der Waals surface area (Å²) in [6, 6.07) is 4.68. The zero-order valence-corrected chi connectivity index (χ0v) is 10.8.